The van der Waals surface area contributed by atoms with Crippen molar-refractivity contribution in [2.24, 2.45) is 0 Å². The van der Waals surface area contributed by atoms with Crippen molar-refractivity contribution in [3.8, 4) is 0 Å². The molecule has 7 nitrogen and oxygen atoms in total. The molecular weight excluding hydrogens is 446 g/mol. The van der Waals surface area contributed by atoms with Crippen LogP contribution in [0.2, 0.25) is 0 Å². The number of nitrogens with one attached hydrogen (secondary N) is 2. The quantitative estimate of drug-likeness (QED) is 0.623. The zero-order valence-electron chi connectivity index (χ0n) is 15.6. The molecule has 0 aliphatic rings. The summed E-state index contributed by atoms with van der Waals surface area (Å²) < 4.78 is 26.6. The summed E-state index contributed by atoms with van der Waals surface area (Å²) >= 11 is 3.35. The highest BCUT2D eigenvalue weighted by molar-refractivity contribution is 9.10. The van der Waals surface area contributed by atoms with E-state index in [1.54, 1.807) is 24.3 Å². The van der Waals surface area contributed by atoms with Crippen LogP contribution in [0.5, 0.6) is 0 Å². The molecule has 28 heavy (non-hydrogen) atoms. The number of amides is 2. The van der Waals surface area contributed by atoms with Gasteiger partial charge >= 0.3 is 0 Å². The summed E-state index contributed by atoms with van der Waals surface area (Å²) in [4.78, 5) is 24.2. The van der Waals surface area contributed by atoms with Crippen molar-refractivity contribution < 1.29 is 18.0 Å². The molecule has 0 bridgehead atoms. The van der Waals surface area contributed by atoms with Gasteiger partial charge in [0.1, 0.15) is 0 Å². The number of hydrogen-bond acceptors (Lipinski definition) is 4. The highest BCUT2D eigenvalue weighted by Gasteiger charge is 2.22. The smallest absolute Gasteiger partial charge is 0.243 e. The van der Waals surface area contributed by atoms with Gasteiger partial charge < -0.3 is 10.6 Å². The van der Waals surface area contributed by atoms with Crippen molar-refractivity contribution in [2.75, 3.05) is 25.5 Å². The third kappa shape index (κ3) is 6.15. The minimum atomic E-state index is -3.74. The number of halogens is 1. The lowest BCUT2D eigenvalue weighted by Gasteiger charge is -2.16. The van der Waals surface area contributed by atoms with Gasteiger partial charge in [-0.25, -0.2) is 8.42 Å². The summed E-state index contributed by atoms with van der Waals surface area (Å²) in [6.07, 6.45) is 0.0762. The zero-order valence-corrected chi connectivity index (χ0v) is 18.0. The summed E-state index contributed by atoms with van der Waals surface area (Å²) in [7, 11) is -2.40. The number of sulfonamides is 1. The molecule has 0 heterocycles. The first-order chi connectivity index (χ1) is 13.2. The van der Waals surface area contributed by atoms with Gasteiger partial charge in [-0.1, -0.05) is 40.2 Å². The highest BCUT2D eigenvalue weighted by atomic mass is 79.9. The van der Waals surface area contributed by atoms with Crippen molar-refractivity contribution in [2.45, 2.75) is 18.2 Å². The maximum absolute atomic E-state index is 12.4. The molecule has 0 saturated heterocycles. The number of anilines is 1. The first-order valence-electron chi connectivity index (χ1n) is 8.54. The van der Waals surface area contributed by atoms with Gasteiger partial charge in [0.15, 0.2) is 0 Å². The van der Waals surface area contributed by atoms with Crippen LogP contribution in [0, 0.1) is 6.92 Å². The van der Waals surface area contributed by atoms with E-state index in [0.717, 1.165) is 14.3 Å². The second kappa shape index (κ2) is 9.81. The zero-order chi connectivity index (χ0) is 20.7. The van der Waals surface area contributed by atoms with E-state index in [0.29, 0.717) is 5.69 Å². The summed E-state index contributed by atoms with van der Waals surface area (Å²) in [5, 5.41) is 5.35. The Bertz CT molecular complexity index is 949. The average molecular weight is 468 g/mol. The minimum Gasteiger partial charge on any atom is -0.354 e. The Morgan fingerprint density at radius 2 is 1.75 bits per heavy atom. The summed E-state index contributed by atoms with van der Waals surface area (Å²) in [6.45, 7) is 1.66. The van der Waals surface area contributed by atoms with Crippen LogP contribution < -0.4 is 10.6 Å². The van der Waals surface area contributed by atoms with Crippen molar-refractivity contribution >= 4 is 43.5 Å². The number of carbonyl (C=O) groups excluding carboxylic acids is 2. The normalized spacial score (nSPS) is 11.3. The van der Waals surface area contributed by atoms with Crippen LogP contribution in [0.1, 0.15) is 12.0 Å². The fraction of sp³-hybridized carbons (Fsp3) is 0.263. The van der Waals surface area contributed by atoms with Crippen LogP contribution in [0.4, 0.5) is 5.69 Å². The molecule has 2 amide bonds. The first-order valence-corrected chi connectivity index (χ1v) is 10.8. The van der Waals surface area contributed by atoms with E-state index in [4.69, 9.17) is 0 Å². The molecule has 0 saturated carbocycles. The predicted octanol–water partition coefficient (Wildman–Crippen LogP) is 2.52. The number of nitrogens with zero attached hydrogens (tertiary/aromatic N) is 1. The maximum atomic E-state index is 12.4. The Morgan fingerprint density at radius 1 is 1.07 bits per heavy atom. The number of rotatable bonds is 8. The molecule has 2 aromatic carbocycles. The molecular formula is C19H22BrN3O4S. The number of carbonyl (C=O) groups is 2. The lowest BCUT2D eigenvalue weighted by atomic mass is 10.2. The van der Waals surface area contributed by atoms with Gasteiger partial charge in [0.25, 0.3) is 0 Å². The van der Waals surface area contributed by atoms with Crippen molar-refractivity contribution in [1.29, 1.82) is 0 Å². The second-order valence-electron chi connectivity index (χ2n) is 6.18. The molecule has 0 atom stereocenters. The third-order valence-electron chi connectivity index (χ3n) is 3.97. The Balaban J connectivity index is 1.81. The Morgan fingerprint density at radius 3 is 2.43 bits per heavy atom. The predicted molar refractivity (Wildman–Crippen MR) is 111 cm³/mol. The molecule has 0 unspecified atom stereocenters. The van der Waals surface area contributed by atoms with Crippen LogP contribution >= 0.6 is 15.9 Å². The molecule has 2 aromatic rings. The van der Waals surface area contributed by atoms with Crippen LogP contribution in [-0.2, 0) is 19.6 Å². The van der Waals surface area contributed by atoms with E-state index < -0.39 is 15.9 Å². The van der Waals surface area contributed by atoms with Crippen LogP contribution in [-0.4, -0.2) is 44.7 Å². The van der Waals surface area contributed by atoms with E-state index >= 15 is 0 Å². The van der Waals surface area contributed by atoms with E-state index in [1.165, 1.54) is 19.2 Å². The Hall–Kier alpha value is -2.23. The molecule has 150 valence electrons. The van der Waals surface area contributed by atoms with E-state index in [2.05, 4.69) is 26.6 Å². The van der Waals surface area contributed by atoms with Gasteiger partial charge in [0.2, 0.25) is 21.8 Å². The number of likely N-dealkylation sites (N-methyl/N-ethyl adjacent to an activating group) is 1. The molecule has 0 spiro atoms. The van der Waals surface area contributed by atoms with Crippen LogP contribution in [0.3, 0.4) is 0 Å². The fourth-order valence-corrected chi connectivity index (χ4v) is 3.88. The molecule has 2 N–H and O–H groups in total. The standard InChI is InChI=1S/C19H22BrN3O4S/c1-14-8-9-15(20)12-17(14)22-18(24)10-11-21-19(25)13-23(2)28(26,27)16-6-4-3-5-7-16/h3-9,12H,10-11,13H2,1-2H3,(H,21,25)(H,22,24). The second-order valence-corrected chi connectivity index (χ2v) is 9.14. The van der Waals surface area contributed by atoms with Crippen molar-refractivity contribution in [3.05, 3.63) is 58.6 Å². The SMILES string of the molecule is Cc1ccc(Br)cc1NC(=O)CCNC(=O)CN(C)S(=O)(=O)c1ccccc1. The van der Waals surface area contributed by atoms with Gasteiger partial charge in [-0.2, -0.15) is 4.31 Å². The fourth-order valence-electron chi connectivity index (χ4n) is 2.37. The van der Waals surface area contributed by atoms with Crippen LogP contribution in [0.15, 0.2) is 57.9 Å². The van der Waals surface area contributed by atoms with Crippen LogP contribution in [0.25, 0.3) is 0 Å². The molecule has 0 aliphatic heterocycles. The minimum absolute atomic E-state index is 0.0762. The largest absolute Gasteiger partial charge is 0.354 e. The van der Waals surface area contributed by atoms with Gasteiger partial charge in [-0.15, -0.1) is 0 Å². The molecule has 0 fully saturated rings. The van der Waals surface area contributed by atoms with Gasteiger partial charge in [-0.05, 0) is 36.8 Å². The van der Waals surface area contributed by atoms with E-state index in [1.807, 2.05) is 19.1 Å². The summed E-state index contributed by atoms with van der Waals surface area (Å²) in [5.74, 6) is -0.722. The highest BCUT2D eigenvalue weighted by Crippen LogP contribution is 2.20. The lowest BCUT2D eigenvalue weighted by Crippen LogP contribution is -2.39. The summed E-state index contributed by atoms with van der Waals surface area (Å²) in [6, 6.07) is 13.5. The monoisotopic (exact) mass is 467 g/mol. The maximum Gasteiger partial charge on any atom is 0.243 e. The molecule has 0 aliphatic carbocycles. The van der Waals surface area contributed by atoms with Gasteiger partial charge in [-0.3, -0.25) is 9.59 Å². The number of benzene rings is 2. The third-order valence-corrected chi connectivity index (χ3v) is 6.28. The Kier molecular flexibility index (Phi) is 7.73. The number of hydrogen-bond donors (Lipinski definition) is 2. The summed E-state index contributed by atoms with van der Waals surface area (Å²) in [5.41, 5.74) is 1.62. The average Bonchev–Trinajstić information content (AvgIpc) is 2.65. The molecule has 0 aromatic heterocycles. The van der Waals surface area contributed by atoms with Crippen molar-refractivity contribution in [3.63, 3.8) is 0 Å². The van der Waals surface area contributed by atoms with E-state index in [9.17, 15) is 18.0 Å². The van der Waals surface area contributed by atoms with Crippen molar-refractivity contribution in [1.82, 2.24) is 9.62 Å². The number of aryl methyl sites for hydroxylation is 1. The first kappa shape index (κ1) is 22.1. The lowest BCUT2D eigenvalue weighted by molar-refractivity contribution is -0.121. The van der Waals surface area contributed by atoms with Gasteiger partial charge in [0, 0.05) is 30.2 Å². The Labute approximate surface area is 173 Å². The van der Waals surface area contributed by atoms with Gasteiger partial charge in [0.05, 0.1) is 11.4 Å². The molecule has 2 rings (SSSR count). The topological polar surface area (TPSA) is 95.6 Å². The molecule has 9 heteroatoms. The van der Waals surface area contributed by atoms with E-state index in [-0.39, 0.29) is 30.3 Å². The molecule has 0 radical (unpaired) electrons.